The van der Waals surface area contributed by atoms with E-state index in [1.165, 1.54) is 0 Å². The highest BCUT2D eigenvalue weighted by atomic mass is 19.1. The van der Waals surface area contributed by atoms with Crippen molar-refractivity contribution in [3.63, 3.8) is 0 Å². The van der Waals surface area contributed by atoms with Gasteiger partial charge < -0.3 is 19.3 Å². The second-order valence-corrected chi connectivity index (χ2v) is 4.55. The molecule has 0 amide bonds. The quantitative estimate of drug-likeness (QED) is 0.829. The fourth-order valence-electron chi connectivity index (χ4n) is 1.96. The number of aliphatic hydroxyl groups excluding tert-OH is 1. The number of halogens is 1. The third-order valence-electron chi connectivity index (χ3n) is 2.95. The highest BCUT2D eigenvalue weighted by molar-refractivity contribution is 5.89. The molecule has 0 aromatic heterocycles. The van der Waals surface area contributed by atoms with E-state index >= 15 is 0 Å². The van der Waals surface area contributed by atoms with Crippen molar-refractivity contribution in [3.05, 3.63) is 35.9 Å². The minimum absolute atomic E-state index is 0.322. The van der Waals surface area contributed by atoms with Crippen molar-refractivity contribution < 1.29 is 33.3 Å². The van der Waals surface area contributed by atoms with Crippen LogP contribution in [0.2, 0.25) is 0 Å². The van der Waals surface area contributed by atoms with Crippen LogP contribution in [0, 0.1) is 0 Å². The average molecular weight is 298 g/mol. The van der Waals surface area contributed by atoms with E-state index in [1.54, 1.807) is 30.3 Å². The fraction of sp³-hybridized carbons (Fsp3) is 0.429. The molecular formula is C14H15FO6. The highest BCUT2D eigenvalue weighted by Gasteiger charge is 2.47. The molecule has 4 atom stereocenters. The van der Waals surface area contributed by atoms with Gasteiger partial charge in [0.15, 0.2) is 18.6 Å². The molecule has 6 nitrogen and oxygen atoms in total. The van der Waals surface area contributed by atoms with Crippen molar-refractivity contribution in [2.45, 2.75) is 31.6 Å². The highest BCUT2D eigenvalue weighted by Crippen LogP contribution is 2.26. The van der Waals surface area contributed by atoms with Gasteiger partial charge in [-0.05, 0) is 12.1 Å². The third kappa shape index (κ3) is 3.77. The molecule has 7 heteroatoms. The summed E-state index contributed by atoms with van der Waals surface area (Å²) in [7, 11) is 0. The molecule has 1 fully saturated rings. The van der Waals surface area contributed by atoms with E-state index < -0.39 is 36.6 Å². The molecular weight excluding hydrogens is 283 g/mol. The largest absolute Gasteiger partial charge is 0.459 e. The van der Waals surface area contributed by atoms with Crippen molar-refractivity contribution in [2.75, 3.05) is 6.61 Å². The lowest BCUT2D eigenvalue weighted by molar-refractivity contribution is -0.169. The summed E-state index contributed by atoms with van der Waals surface area (Å²) >= 11 is 0. The van der Waals surface area contributed by atoms with Crippen LogP contribution in [0.1, 0.15) is 17.3 Å². The topological polar surface area (TPSA) is 82.1 Å². The predicted molar refractivity (Wildman–Crippen MR) is 68.1 cm³/mol. The maximum absolute atomic E-state index is 14.0. The van der Waals surface area contributed by atoms with E-state index in [0.29, 0.717) is 5.56 Å². The summed E-state index contributed by atoms with van der Waals surface area (Å²) in [6.07, 6.45) is -5.95. The van der Waals surface area contributed by atoms with Crippen LogP contribution in [0.15, 0.2) is 30.3 Å². The lowest BCUT2D eigenvalue weighted by Gasteiger charge is -2.15. The molecule has 114 valence electrons. The van der Waals surface area contributed by atoms with Gasteiger partial charge in [0.05, 0.1) is 5.56 Å². The van der Waals surface area contributed by atoms with Gasteiger partial charge in [0.2, 0.25) is 0 Å². The van der Waals surface area contributed by atoms with Crippen LogP contribution in [0.4, 0.5) is 4.39 Å². The maximum Gasteiger partial charge on any atom is 0.338 e. The molecule has 21 heavy (non-hydrogen) atoms. The van der Waals surface area contributed by atoms with Crippen molar-refractivity contribution in [1.29, 1.82) is 0 Å². The Balaban J connectivity index is 1.89. The van der Waals surface area contributed by atoms with Gasteiger partial charge in [0.1, 0.15) is 12.7 Å². The van der Waals surface area contributed by atoms with Crippen LogP contribution in [-0.2, 0) is 19.0 Å². The molecule has 4 unspecified atom stereocenters. The first-order valence-electron chi connectivity index (χ1n) is 6.36. The zero-order valence-electron chi connectivity index (χ0n) is 11.3. The molecule has 0 bridgehead atoms. The van der Waals surface area contributed by atoms with Crippen LogP contribution in [0.3, 0.4) is 0 Å². The zero-order chi connectivity index (χ0) is 15.4. The smallest absolute Gasteiger partial charge is 0.338 e. The lowest BCUT2D eigenvalue weighted by atomic mass is 10.1. The van der Waals surface area contributed by atoms with Crippen molar-refractivity contribution in [1.82, 2.24) is 0 Å². The molecule has 1 aliphatic heterocycles. The van der Waals surface area contributed by atoms with Gasteiger partial charge in [-0.25, -0.2) is 9.18 Å². The standard InChI is InChI=1S/C14H15FO6/c1-8(16)20-12-11(15)10(21-14(12)18)7-19-13(17)9-5-3-2-4-6-9/h2-6,10-12,14,18H,7H2,1H3. The first-order valence-corrected chi connectivity index (χ1v) is 6.36. The monoisotopic (exact) mass is 298 g/mol. The number of benzene rings is 1. The van der Waals surface area contributed by atoms with Gasteiger partial charge in [0.25, 0.3) is 0 Å². The SMILES string of the molecule is CC(=O)OC1C(O)OC(COC(=O)c2ccccc2)C1F. The van der Waals surface area contributed by atoms with E-state index in [1.807, 2.05) is 0 Å². The fourth-order valence-corrected chi connectivity index (χ4v) is 1.96. The van der Waals surface area contributed by atoms with Crippen molar-refractivity contribution in [3.8, 4) is 0 Å². The summed E-state index contributed by atoms with van der Waals surface area (Å²) in [4.78, 5) is 22.5. The number of hydrogen-bond donors (Lipinski definition) is 1. The van der Waals surface area contributed by atoms with E-state index in [0.717, 1.165) is 6.92 Å². The second kappa shape index (κ2) is 6.64. The number of hydrogen-bond acceptors (Lipinski definition) is 6. The van der Waals surface area contributed by atoms with Crippen LogP contribution < -0.4 is 0 Å². The van der Waals surface area contributed by atoms with E-state index in [-0.39, 0.29) is 6.61 Å². The Bertz CT molecular complexity index is 505. The van der Waals surface area contributed by atoms with E-state index in [9.17, 15) is 19.1 Å². The van der Waals surface area contributed by atoms with Crippen LogP contribution in [-0.4, -0.2) is 48.3 Å². The minimum Gasteiger partial charge on any atom is -0.459 e. The summed E-state index contributed by atoms with van der Waals surface area (Å²) < 4.78 is 28.4. The number of alkyl halides is 1. The first-order chi connectivity index (χ1) is 9.99. The number of aliphatic hydroxyl groups is 1. The summed E-state index contributed by atoms with van der Waals surface area (Å²) in [5.74, 6) is -1.36. The minimum atomic E-state index is -1.77. The Hall–Kier alpha value is -1.99. The predicted octanol–water partition coefficient (Wildman–Crippen LogP) is 0.830. The molecule has 1 aromatic carbocycles. The molecule has 1 saturated heterocycles. The van der Waals surface area contributed by atoms with Crippen LogP contribution in [0.5, 0.6) is 0 Å². The molecule has 1 aromatic rings. The summed E-state index contributed by atoms with van der Waals surface area (Å²) in [6, 6.07) is 8.19. The molecule has 0 aliphatic carbocycles. The second-order valence-electron chi connectivity index (χ2n) is 4.55. The molecule has 1 heterocycles. The number of carbonyl (C=O) groups is 2. The number of ether oxygens (including phenoxy) is 3. The molecule has 0 spiro atoms. The van der Waals surface area contributed by atoms with E-state index in [4.69, 9.17) is 9.47 Å². The molecule has 0 radical (unpaired) electrons. The lowest BCUT2D eigenvalue weighted by Crippen LogP contribution is -2.35. The number of esters is 2. The molecule has 0 saturated carbocycles. The zero-order valence-corrected chi connectivity index (χ0v) is 11.3. The Labute approximate surface area is 120 Å². The summed E-state index contributed by atoms with van der Waals surface area (Å²) in [6.45, 7) is 0.714. The van der Waals surface area contributed by atoms with Gasteiger partial charge in [-0.2, -0.15) is 0 Å². The number of rotatable bonds is 4. The Morgan fingerprint density at radius 3 is 2.62 bits per heavy atom. The van der Waals surface area contributed by atoms with Gasteiger partial charge in [-0.15, -0.1) is 0 Å². The van der Waals surface area contributed by atoms with Crippen LogP contribution in [0.25, 0.3) is 0 Å². The Morgan fingerprint density at radius 2 is 2.00 bits per heavy atom. The normalized spacial score (nSPS) is 28.1. The third-order valence-corrected chi connectivity index (χ3v) is 2.95. The first kappa shape index (κ1) is 15.4. The Morgan fingerprint density at radius 1 is 1.33 bits per heavy atom. The van der Waals surface area contributed by atoms with Crippen molar-refractivity contribution >= 4 is 11.9 Å². The summed E-state index contributed by atoms with van der Waals surface area (Å²) in [5, 5.41) is 9.48. The van der Waals surface area contributed by atoms with Gasteiger partial charge in [0, 0.05) is 6.92 Å². The number of carbonyl (C=O) groups excluding carboxylic acids is 2. The Kier molecular flexibility index (Phi) is 4.87. The van der Waals surface area contributed by atoms with Gasteiger partial charge in [-0.1, -0.05) is 18.2 Å². The summed E-state index contributed by atoms with van der Waals surface area (Å²) in [5.41, 5.74) is 0.322. The molecule has 1 aliphatic rings. The molecule has 2 rings (SSSR count). The van der Waals surface area contributed by atoms with E-state index in [2.05, 4.69) is 4.74 Å². The van der Waals surface area contributed by atoms with Crippen molar-refractivity contribution in [2.24, 2.45) is 0 Å². The maximum atomic E-state index is 14.0. The molecule has 1 N–H and O–H groups in total. The van der Waals surface area contributed by atoms with Crippen LogP contribution >= 0.6 is 0 Å². The van der Waals surface area contributed by atoms with Gasteiger partial charge in [-0.3, -0.25) is 4.79 Å². The van der Waals surface area contributed by atoms with Gasteiger partial charge >= 0.3 is 11.9 Å². The average Bonchev–Trinajstić information content (AvgIpc) is 2.73.